The van der Waals surface area contributed by atoms with E-state index < -0.39 is 5.97 Å². The van der Waals surface area contributed by atoms with Gasteiger partial charge >= 0.3 is 5.97 Å². The van der Waals surface area contributed by atoms with Gasteiger partial charge in [-0.05, 0) is 35.4 Å². The fourth-order valence-electron chi connectivity index (χ4n) is 2.08. The van der Waals surface area contributed by atoms with Gasteiger partial charge in [-0.15, -0.1) is 11.8 Å². The highest BCUT2D eigenvalue weighted by Gasteiger charge is 2.03. The molecule has 0 aliphatic carbocycles. The number of carbonyl (C=O) groups excluding carboxylic acids is 2. The molecule has 1 amide bonds. The Morgan fingerprint density at radius 1 is 1.11 bits per heavy atom. The third-order valence-corrected chi connectivity index (χ3v) is 4.51. The summed E-state index contributed by atoms with van der Waals surface area (Å²) in [5.74, 6) is 1.69. The number of nitrogens with zero attached hydrogens (tertiary/aromatic N) is 1. The van der Waals surface area contributed by atoms with Crippen LogP contribution < -0.4 is 14.9 Å². The number of methoxy groups -OCH3 is 2. The van der Waals surface area contributed by atoms with Gasteiger partial charge < -0.3 is 14.2 Å². The summed E-state index contributed by atoms with van der Waals surface area (Å²) in [5, 5.41) is 3.94. The van der Waals surface area contributed by atoms with Crippen LogP contribution in [-0.4, -0.2) is 44.7 Å². The quantitative estimate of drug-likeness (QED) is 0.374. The first-order chi connectivity index (χ1) is 13.6. The highest BCUT2D eigenvalue weighted by molar-refractivity contribution is 7.99. The van der Waals surface area contributed by atoms with Crippen molar-refractivity contribution in [2.24, 2.45) is 5.10 Å². The van der Waals surface area contributed by atoms with Crippen molar-refractivity contribution in [3.8, 4) is 11.5 Å². The number of amides is 1. The summed E-state index contributed by atoms with van der Waals surface area (Å²) in [5.41, 5.74) is 4.34. The number of hydrogen-bond acceptors (Lipinski definition) is 7. The van der Waals surface area contributed by atoms with E-state index in [4.69, 9.17) is 9.47 Å². The van der Waals surface area contributed by atoms with Crippen LogP contribution in [0.2, 0.25) is 0 Å². The maximum atomic E-state index is 11.9. The van der Waals surface area contributed by atoms with Crippen molar-refractivity contribution in [3.63, 3.8) is 0 Å². The normalized spacial score (nSPS) is 10.5. The van der Waals surface area contributed by atoms with E-state index in [2.05, 4.69) is 15.3 Å². The molecule has 148 valence electrons. The highest BCUT2D eigenvalue weighted by Crippen LogP contribution is 2.16. The van der Waals surface area contributed by atoms with Gasteiger partial charge in [-0.25, -0.2) is 10.2 Å². The van der Waals surface area contributed by atoms with Crippen LogP contribution in [0.5, 0.6) is 11.5 Å². The van der Waals surface area contributed by atoms with E-state index in [1.54, 1.807) is 31.4 Å². The van der Waals surface area contributed by atoms with Crippen molar-refractivity contribution in [2.75, 3.05) is 26.6 Å². The Labute approximate surface area is 168 Å². The molecule has 8 heteroatoms. The van der Waals surface area contributed by atoms with Crippen LogP contribution in [0, 0.1) is 0 Å². The van der Waals surface area contributed by atoms with Gasteiger partial charge in [0.05, 0.1) is 26.2 Å². The molecule has 0 heterocycles. The Bertz CT molecular complexity index is 808. The lowest BCUT2D eigenvalue weighted by Gasteiger charge is -2.05. The van der Waals surface area contributed by atoms with Crippen LogP contribution in [-0.2, 0) is 20.1 Å². The monoisotopic (exact) mass is 402 g/mol. The van der Waals surface area contributed by atoms with E-state index in [0.717, 1.165) is 22.6 Å². The molecule has 0 saturated carbocycles. The lowest BCUT2D eigenvalue weighted by molar-refractivity contribution is -0.142. The second-order valence-corrected chi connectivity index (χ2v) is 6.56. The van der Waals surface area contributed by atoms with E-state index >= 15 is 0 Å². The van der Waals surface area contributed by atoms with Gasteiger partial charge in [-0.3, -0.25) is 4.79 Å². The van der Waals surface area contributed by atoms with Gasteiger partial charge in [0.15, 0.2) is 6.61 Å². The van der Waals surface area contributed by atoms with E-state index in [1.807, 2.05) is 24.3 Å². The van der Waals surface area contributed by atoms with E-state index in [-0.39, 0.29) is 12.5 Å². The summed E-state index contributed by atoms with van der Waals surface area (Å²) >= 11 is 1.50. The van der Waals surface area contributed by atoms with Crippen molar-refractivity contribution in [1.29, 1.82) is 0 Å². The minimum absolute atomic E-state index is 0.167. The molecular formula is C20H22N2O5S. The Morgan fingerprint density at radius 3 is 2.61 bits per heavy atom. The third kappa shape index (κ3) is 7.71. The van der Waals surface area contributed by atoms with Crippen LogP contribution in [0.1, 0.15) is 11.1 Å². The fraction of sp³-hybridized carbons (Fsp3) is 0.250. The molecule has 0 bridgehead atoms. The zero-order valence-corrected chi connectivity index (χ0v) is 16.5. The number of ether oxygens (including phenoxy) is 3. The second-order valence-electron chi connectivity index (χ2n) is 5.57. The van der Waals surface area contributed by atoms with Crippen LogP contribution in [0.4, 0.5) is 0 Å². The van der Waals surface area contributed by atoms with Crippen molar-refractivity contribution in [3.05, 3.63) is 59.7 Å². The molecule has 7 nitrogen and oxygen atoms in total. The standard InChI is InChI=1S/C20H22N2O5S/c1-25-17-8-6-15(7-9-17)13-28-14-19(23)22-21-11-16-4-3-5-18(10-16)27-12-20(24)26-2/h3-11H,12-14H2,1-2H3,(H,22,23)/b21-11-. The average molecular weight is 402 g/mol. The van der Waals surface area contributed by atoms with Gasteiger partial charge in [-0.2, -0.15) is 5.10 Å². The zero-order valence-electron chi connectivity index (χ0n) is 15.7. The zero-order chi connectivity index (χ0) is 20.2. The first-order valence-electron chi connectivity index (χ1n) is 8.43. The molecule has 28 heavy (non-hydrogen) atoms. The van der Waals surface area contributed by atoms with E-state index in [0.29, 0.717) is 11.5 Å². The molecule has 2 aromatic carbocycles. The van der Waals surface area contributed by atoms with Gasteiger partial charge in [0.2, 0.25) is 5.91 Å². The molecule has 0 aliphatic heterocycles. The number of benzene rings is 2. The summed E-state index contributed by atoms with van der Waals surface area (Å²) in [4.78, 5) is 23.0. The number of hydrogen-bond donors (Lipinski definition) is 1. The van der Waals surface area contributed by atoms with Crippen LogP contribution in [0.25, 0.3) is 0 Å². The summed E-state index contributed by atoms with van der Waals surface area (Å²) < 4.78 is 14.9. The molecule has 0 aliphatic rings. The Balaban J connectivity index is 1.72. The number of nitrogens with one attached hydrogen (secondary N) is 1. The average Bonchev–Trinajstić information content (AvgIpc) is 2.73. The van der Waals surface area contributed by atoms with Crippen molar-refractivity contribution >= 4 is 29.9 Å². The number of carbonyl (C=O) groups is 2. The molecule has 0 fully saturated rings. The van der Waals surface area contributed by atoms with Crippen LogP contribution >= 0.6 is 11.8 Å². The molecule has 0 aromatic heterocycles. The minimum Gasteiger partial charge on any atom is -0.497 e. The molecule has 1 N–H and O–H groups in total. The largest absolute Gasteiger partial charge is 0.497 e. The molecule has 2 rings (SSSR count). The molecule has 0 spiro atoms. The Hall–Kier alpha value is -3.00. The molecule has 0 unspecified atom stereocenters. The molecule has 0 radical (unpaired) electrons. The highest BCUT2D eigenvalue weighted by atomic mass is 32.2. The Morgan fingerprint density at radius 2 is 1.89 bits per heavy atom. The van der Waals surface area contributed by atoms with Crippen molar-refractivity contribution in [2.45, 2.75) is 5.75 Å². The summed E-state index contributed by atoms with van der Waals surface area (Å²) in [7, 11) is 2.92. The Kier molecular flexibility index (Phi) is 8.87. The van der Waals surface area contributed by atoms with E-state index in [1.165, 1.54) is 25.1 Å². The summed E-state index contributed by atoms with van der Waals surface area (Å²) in [6.07, 6.45) is 1.51. The van der Waals surface area contributed by atoms with Gasteiger partial charge in [0.25, 0.3) is 0 Å². The number of rotatable bonds is 10. The molecular weight excluding hydrogens is 380 g/mol. The summed E-state index contributed by atoms with van der Waals surface area (Å²) in [6.45, 7) is -0.167. The van der Waals surface area contributed by atoms with Crippen molar-refractivity contribution in [1.82, 2.24) is 5.43 Å². The van der Waals surface area contributed by atoms with Crippen LogP contribution in [0.15, 0.2) is 53.6 Å². The van der Waals surface area contributed by atoms with Crippen LogP contribution in [0.3, 0.4) is 0 Å². The molecule has 0 atom stereocenters. The lowest BCUT2D eigenvalue weighted by atomic mass is 10.2. The number of esters is 1. The molecule has 0 saturated heterocycles. The molecule has 2 aromatic rings. The van der Waals surface area contributed by atoms with Gasteiger partial charge in [0.1, 0.15) is 11.5 Å². The fourth-order valence-corrected chi connectivity index (χ4v) is 2.86. The van der Waals surface area contributed by atoms with Crippen molar-refractivity contribution < 1.29 is 23.8 Å². The smallest absolute Gasteiger partial charge is 0.343 e. The number of thioether (sulfide) groups is 1. The third-order valence-electron chi connectivity index (χ3n) is 3.51. The predicted octanol–water partition coefficient (Wildman–Crippen LogP) is 2.63. The van der Waals surface area contributed by atoms with Gasteiger partial charge in [-0.1, -0.05) is 24.3 Å². The minimum atomic E-state index is -0.460. The maximum absolute atomic E-state index is 11.9. The van der Waals surface area contributed by atoms with Gasteiger partial charge in [0, 0.05) is 5.75 Å². The second kappa shape index (κ2) is 11.7. The first kappa shape index (κ1) is 21.3. The SMILES string of the molecule is COC(=O)COc1cccc(/C=N\NC(=O)CSCc2ccc(OC)cc2)c1. The lowest BCUT2D eigenvalue weighted by Crippen LogP contribution is -2.19. The predicted molar refractivity (Wildman–Crippen MR) is 109 cm³/mol. The maximum Gasteiger partial charge on any atom is 0.343 e. The summed E-state index contributed by atoms with van der Waals surface area (Å²) in [6, 6.07) is 14.7. The topological polar surface area (TPSA) is 86.2 Å². The van der Waals surface area contributed by atoms with E-state index in [9.17, 15) is 9.59 Å². The first-order valence-corrected chi connectivity index (χ1v) is 9.58. The number of hydrazone groups is 1.